The first-order valence-corrected chi connectivity index (χ1v) is 21.4. The number of fused-ring (bicyclic) bond motifs is 3. The molecule has 2 aromatic rings. The average molecular weight is 846 g/mol. The molecule has 59 heavy (non-hydrogen) atoms. The van der Waals surface area contributed by atoms with Gasteiger partial charge >= 0.3 is 24.3 Å². The molecular weight excluding hydrogens is 791 g/mol. The third-order valence-electron chi connectivity index (χ3n) is 12.8. The predicted octanol–water partition coefficient (Wildman–Crippen LogP) is 6.03. The van der Waals surface area contributed by atoms with E-state index < -0.39 is 35.5 Å². The lowest BCUT2D eigenvalue weighted by Gasteiger charge is -2.46. The van der Waals surface area contributed by atoms with Crippen LogP contribution in [0.5, 0.6) is 0 Å². The second-order valence-electron chi connectivity index (χ2n) is 16.5. The Morgan fingerprint density at radius 1 is 0.915 bits per heavy atom. The Balaban J connectivity index is 0.979. The van der Waals surface area contributed by atoms with Gasteiger partial charge in [-0.05, 0) is 80.7 Å². The molecule has 3 N–H and O–H groups in total. The summed E-state index contributed by atoms with van der Waals surface area (Å²) in [4.78, 5) is 63.2. The van der Waals surface area contributed by atoms with E-state index in [1.165, 1.54) is 11.0 Å². The van der Waals surface area contributed by atoms with Crippen molar-refractivity contribution in [2.75, 3.05) is 70.0 Å². The Kier molecular flexibility index (Phi) is 13.5. The van der Waals surface area contributed by atoms with Gasteiger partial charge in [-0.15, -0.1) is 0 Å². The quantitative estimate of drug-likeness (QED) is 0.158. The summed E-state index contributed by atoms with van der Waals surface area (Å²) >= 11 is 6.16. The highest BCUT2D eigenvalue weighted by Crippen LogP contribution is 2.39. The molecule has 7 rings (SSSR count). The number of urea groups is 1. The minimum Gasteiger partial charge on any atom is -0.465 e. The Morgan fingerprint density at radius 3 is 2.29 bits per heavy atom. The fraction of sp³-hybridized carbons (Fsp3) is 0.619. The number of nitrogens with one attached hydrogen (secondary N) is 1. The topological polar surface area (TPSA) is 141 Å². The normalized spacial score (nSPS) is 23.6. The Labute approximate surface area is 348 Å². The summed E-state index contributed by atoms with van der Waals surface area (Å²) in [5, 5.41) is 2.68. The molecule has 0 spiro atoms. The highest BCUT2D eigenvalue weighted by atomic mass is 35.5. The number of alkyl halides is 3. The summed E-state index contributed by atoms with van der Waals surface area (Å²) in [5.74, 6) is -0.670. The molecule has 0 saturated carbocycles. The molecule has 4 saturated heterocycles. The van der Waals surface area contributed by atoms with Crippen molar-refractivity contribution in [3.05, 3.63) is 58.1 Å². The maximum atomic E-state index is 14.2. The number of halogens is 4. The molecule has 4 fully saturated rings. The second-order valence-corrected chi connectivity index (χ2v) is 16.9. The van der Waals surface area contributed by atoms with E-state index in [4.69, 9.17) is 26.8 Å². The van der Waals surface area contributed by atoms with Crippen LogP contribution in [0.2, 0.25) is 5.02 Å². The zero-order valence-corrected chi connectivity index (χ0v) is 34.3. The van der Waals surface area contributed by atoms with E-state index in [1.54, 1.807) is 9.80 Å². The second kappa shape index (κ2) is 18.5. The molecule has 3 atom stereocenters. The molecule has 2 bridgehead atoms. The van der Waals surface area contributed by atoms with E-state index in [1.807, 2.05) is 24.3 Å². The maximum Gasteiger partial charge on any atom is 0.418 e. The SMILES string of the molecule is CCCCOC(=O)CN1C2CCC1CC(N1CCN(C(=O)[C@@H](Cc3cc(Cl)c(N)c(C(F)(F)F)c3)OC(=O)N3CCC(N4CCc5ccccc5NC4=O)CC3)CC1)C2. The van der Waals surface area contributed by atoms with Crippen molar-refractivity contribution in [3.8, 4) is 0 Å². The molecule has 0 aliphatic carbocycles. The minimum atomic E-state index is -4.79. The number of unbranched alkanes of at least 4 members (excludes halogenated alkanes) is 1. The van der Waals surface area contributed by atoms with Crippen LogP contribution in [0, 0.1) is 0 Å². The number of hydrogen-bond acceptors (Lipinski definition) is 9. The number of rotatable bonds is 11. The number of nitrogen functional groups attached to an aromatic ring is 1. The van der Waals surface area contributed by atoms with Crippen LogP contribution in [0.15, 0.2) is 36.4 Å². The molecule has 2 unspecified atom stereocenters. The number of amides is 4. The van der Waals surface area contributed by atoms with Crippen molar-refractivity contribution < 1.29 is 41.8 Å². The van der Waals surface area contributed by atoms with Crippen LogP contribution in [-0.4, -0.2) is 138 Å². The van der Waals surface area contributed by atoms with Crippen LogP contribution in [0.1, 0.15) is 75.0 Å². The van der Waals surface area contributed by atoms with Gasteiger partial charge in [-0.25, -0.2) is 9.59 Å². The Morgan fingerprint density at radius 2 is 1.61 bits per heavy atom. The number of esters is 1. The van der Waals surface area contributed by atoms with Crippen LogP contribution in [0.4, 0.5) is 34.1 Å². The summed E-state index contributed by atoms with van der Waals surface area (Å²) in [7, 11) is 0. The van der Waals surface area contributed by atoms with Gasteiger partial charge in [0.25, 0.3) is 5.91 Å². The number of hydrogen-bond donors (Lipinski definition) is 2. The summed E-state index contributed by atoms with van der Waals surface area (Å²) in [6.07, 6.45) is 0.0913. The molecule has 13 nitrogen and oxygen atoms in total. The van der Waals surface area contributed by atoms with E-state index >= 15 is 0 Å². The van der Waals surface area contributed by atoms with Crippen LogP contribution in [-0.2, 0) is 38.1 Å². The maximum absolute atomic E-state index is 14.2. The highest BCUT2D eigenvalue weighted by molar-refractivity contribution is 6.33. The van der Waals surface area contributed by atoms with Crippen molar-refractivity contribution in [1.29, 1.82) is 0 Å². The predicted molar refractivity (Wildman–Crippen MR) is 216 cm³/mol. The molecule has 5 heterocycles. The van der Waals surface area contributed by atoms with Crippen molar-refractivity contribution in [3.63, 3.8) is 0 Å². The van der Waals surface area contributed by atoms with Crippen molar-refractivity contribution >= 4 is 47.0 Å². The molecule has 0 radical (unpaired) electrons. The minimum absolute atomic E-state index is 0.0599. The van der Waals surface area contributed by atoms with Gasteiger partial charge in [-0.3, -0.25) is 19.4 Å². The van der Waals surface area contributed by atoms with Gasteiger partial charge in [0, 0.05) is 82.1 Å². The number of nitrogens with two attached hydrogens (primary N) is 1. The molecule has 0 aromatic heterocycles. The number of carbonyl (C=O) groups is 4. The fourth-order valence-corrected chi connectivity index (χ4v) is 9.79. The molecule has 322 valence electrons. The average Bonchev–Trinajstić information content (AvgIpc) is 3.35. The molecule has 4 amide bonds. The van der Waals surface area contributed by atoms with Crippen LogP contribution in [0.25, 0.3) is 0 Å². The molecular formula is C42H55ClF3N7O6. The van der Waals surface area contributed by atoms with Gasteiger partial charge in [-0.2, -0.15) is 13.2 Å². The van der Waals surface area contributed by atoms with Gasteiger partial charge in [0.05, 0.1) is 29.4 Å². The summed E-state index contributed by atoms with van der Waals surface area (Å²) in [6.45, 7) is 5.77. The first-order valence-electron chi connectivity index (χ1n) is 21.0. The van der Waals surface area contributed by atoms with E-state index in [0.29, 0.717) is 71.2 Å². The van der Waals surface area contributed by atoms with E-state index in [2.05, 4.69) is 22.0 Å². The van der Waals surface area contributed by atoms with E-state index in [9.17, 15) is 32.3 Å². The number of nitrogens with zero attached hydrogens (tertiary/aromatic N) is 5. The smallest absolute Gasteiger partial charge is 0.418 e. The molecule has 5 aliphatic heterocycles. The van der Waals surface area contributed by atoms with Gasteiger partial charge in [-0.1, -0.05) is 43.1 Å². The lowest BCUT2D eigenvalue weighted by molar-refractivity contribution is -0.146. The third-order valence-corrected chi connectivity index (χ3v) is 13.1. The number of piperazine rings is 1. The van der Waals surface area contributed by atoms with Gasteiger partial charge in [0.2, 0.25) is 0 Å². The molecule has 5 aliphatic rings. The summed E-state index contributed by atoms with van der Waals surface area (Å²) < 4.78 is 53.2. The lowest BCUT2D eigenvalue weighted by Crippen LogP contribution is -2.58. The van der Waals surface area contributed by atoms with Crippen molar-refractivity contribution in [2.45, 2.75) is 108 Å². The molecule has 17 heteroatoms. The Bertz CT molecular complexity index is 1840. The standard InChI is InChI=1S/C42H55ClF3N7O6/c1-2-3-20-58-37(54)26-53-30-8-9-31(53)25-32(24-30)49-16-18-50(19-17-49)39(55)36(23-27-21-33(42(44,45)46)38(47)34(43)22-27)59-41(57)51-13-11-29(12-14-51)52-15-10-28-6-4-5-7-35(28)48-40(52)56/h4-7,21-22,29-32,36H,2-3,8-20,23-26,47H2,1H3,(H,48,56)/t30?,31?,32?,36-/m1/s1. The largest absolute Gasteiger partial charge is 0.465 e. The Hall–Kier alpha value is -4.28. The first-order chi connectivity index (χ1) is 28.3. The number of ether oxygens (including phenoxy) is 2. The fourth-order valence-electron chi connectivity index (χ4n) is 9.55. The van der Waals surface area contributed by atoms with E-state index in [0.717, 1.165) is 55.8 Å². The van der Waals surface area contributed by atoms with Crippen molar-refractivity contribution in [2.24, 2.45) is 0 Å². The number of piperidine rings is 2. The summed E-state index contributed by atoms with van der Waals surface area (Å²) in [6, 6.07) is 10.4. The number of anilines is 2. The third kappa shape index (κ3) is 10.0. The number of likely N-dealkylation sites (tertiary alicyclic amines) is 1. The van der Waals surface area contributed by atoms with E-state index in [-0.39, 0.29) is 60.2 Å². The zero-order chi connectivity index (χ0) is 41.8. The van der Waals surface area contributed by atoms with Gasteiger partial charge < -0.3 is 35.2 Å². The number of para-hydroxylation sites is 1. The zero-order valence-electron chi connectivity index (χ0n) is 33.6. The van der Waals surface area contributed by atoms with Gasteiger partial charge in [0.15, 0.2) is 6.10 Å². The van der Waals surface area contributed by atoms with Crippen molar-refractivity contribution in [1.82, 2.24) is 24.5 Å². The van der Waals surface area contributed by atoms with Crippen LogP contribution < -0.4 is 11.1 Å². The first kappa shape index (κ1) is 42.8. The van der Waals surface area contributed by atoms with Gasteiger partial charge in [0.1, 0.15) is 0 Å². The lowest BCUT2D eigenvalue weighted by atomic mass is 9.95. The molecule has 2 aromatic carbocycles. The number of carbonyl (C=O) groups excluding carboxylic acids is 4. The van der Waals surface area contributed by atoms with Crippen LogP contribution in [0.3, 0.4) is 0 Å². The number of benzene rings is 2. The monoisotopic (exact) mass is 845 g/mol. The summed E-state index contributed by atoms with van der Waals surface area (Å²) in [5.41, 5.74) is 5.86. The highest BCUT2D eigenvalue weighted by Gasteiger charge is 2.44. The van der Waals surface area contributed by atoms with Crippen LogP contribution >= 0.6 is 11.6 Å².